The highest BCUT2D eigenvalue weighted by Gasteiger charge is 2.13. The molecule has 0 radical (unpaired) electrons. The number of carbonyl (C=O) groups is 1. The Hall–Kier alpha value is -1.71. The molecule has 0 spiro atoms. The molecule has 0 unspecified atom stereocenters. The summed E-state index contributed by atoms with van der Waals surface area (Å²) in [6, 6.07) is 2.75. The summed E-state index contributed by atoms with van der Waals surface area (Å²) in [6.45, 7) is 1.40. The quantitative estimate of drug-likeness (QED) is 0.475. The van der Waals surface area contributed by atoms with Crippen LogP contribution in [0, 0.1) is 0 Å². The minimum atomic E-state index is -0.296. The fourth-order valence-electron chi connectivity index (χ4n) is 1.13. The number of benzene rings is 1. The first-order valence-corrected chi connectivity index (χ1v) is 3.81. The van der Waals surface area contributed by atoms with E-state index in [0.717, 1.165) is 0 Å². The lowest BCUT2D eigenvalue weighted by Crippen LogP contribution is -2.00. The second-order valence-corrected chi connectivity index (χ2v) is 2.66. The van der Waals surface area contributed by atoms with Gasteiger partial charge in [-0.1, -0.05) is 0 Å². The van der Waals surface area contributed by atoms with E-state index < -0.39 is 0 Å². The molecule has 0 amide bonds. The first-order chi connectivity index (χ1) is 6.07. The van der Waals surface area contributed by atoms with E-state index >= 15 is 0 Å². The van der Waals surface area contributed by atoms with Crippen molar-refractivity contribution in [2.45, 2.75) is 6.92 Å². The number of carbonyl (C=O) groups excluding carboxylic acids is 1. The average Bonchev–Trinajstić information content (AvgIpc) is 2.09. The van der Waals surface area contributed by atoms with Gasteiger partial charge in [-0.3, -0.25) is 4.79 Å². The number of hydrogen-bond acceptors (Lipinski definition) is 4. The van der Waals surface area contributed by atoms with Crippen LogP contribution < -0.4 is 5.32 Å². The van der Waals surface area contributed by atoms with Crippen molar-refractivity contribution in [1.82, 2.24) is 0 Å². The normalized spacial score (nSPS) is 9.69. The van der Waals surface area contributed by atoms with E-state index in [-0.39, 0.29) is 23.0 Å². The van der Waals surface area contributed by atoms with E-state index in [0.29, 0.717) is 5.56 Å². The number of phenols is 2. The predicted octanol–water partition coefficient (Wildman–Crippen LogP) is 1.34. The fraction of sp³-hybridized carbons (Fsp3) is 0.222. The summed E-state index contributed by atoms with van der Waals surface area (Å²) in [7, 11) is 1.57. The summed E-state index contributed by atoms with van der Waals surface area (Å²) in [5.41, 5.74) is 0.616. The maximum atomic E-state index is 11.1. The Bertz CT molecular complexity index is 347. The minimum absolute atomic E-state index is 0.167. The number of anilines is 1. The number of hydrogen-bond donors (Lipinski definition) is 3. The molecule has 0 aliphatic rings. The molecule has 0 saturated heterocycles. The zero-order valence-corrected chi connectivity index (χ0v) is 7.46. The molecule has 0 aliphatic heterocycles. The maximum Gasteiger partial charge on any atom is 0.181 e. The topological polar surface area (TPSA) is 69.6 Å². The zero-order chi connectivity index (χ0) is 10.0. The highest BCUT2D eigenvalue weighted by atomic mass is 16.3. The van der Waals surface area contributed by atoms with Crippen molar-refractivity contribution in [2.24, 2.45) is 0 Å². The lowest BCUT2D eigenvalue weighted by molar-refractivity contribution is 0.101. The van der Waals surface area contributed by atoms with E-state index in [1.54, 1.807) is 7.05 Å². The fourth-order valence-corrected chi connectivity index (χ4v) is 1.13. The molecule has 0 heterocycles. The number of Topliss-reactive ketones (excluding diaryl/α,β-unsaturated/α-hetero) is 1. The van der Waals surface area contributed by atoms with Gasteiger partial charge in [-0.15, -0.1) is 0 Å². The van der Waals surface area contributed by atoms with Gasteiger partial charge in [0.2, 0.25) is 0 Å². The van der Waals surface area contributed by atoms with Gasteiger partial charge in [0.1, 0.15) is 0 Å². The van der Waals surface area contributed by atoms with Crippen LogP contribution >= 0.6 is 0 Å². The third-order valence-corrected chi connectivity index (χ3v) is 1.79. The van der Waals surface area contributed by atoms with Crippen LogP contribution in [0.15, 0.2) is 12.1 Å². The van der Waals surface area contributed by atoms with Crippen LogP contribution in [0.1, 0.15) is 17.3 Å². The van der Waals surface area contributed by atoms with E-state index in [2.05, 4.69) is 5.32 Å². The van der Waals surface area contributed by atoms with Crippen LogP contribution in [0.4, 0.5) is 5.69 Å². The molecule has 1 rings (SSSR count). The lowest BCUT2D eigenvalue weighted by atomic mass is 10.1. The zero-order valence-electron chi connectivity index (χ0n) is 7.46. The van der Waals surface area contributed by atoms with Crippen LogP contribution in [0.5, 0.6) is 11.5 Å². The SMILES string of the molecule is CNc1c(C(C)=O)ccc(O)c1O. The smallest absolute Gasteiger partial charge is 0.181 e. The Morgan fingerprint density at radius 2 is 2.00 bits per heavy atom. The highest BCUT2D eigenvalue weighted by Crippen LogP contribution is 2.35. The van der Waals surface area contributed by atoms with Gasteiger partial charge in [-0.05, 0) is 19.1 Å². The molecule has 0 aromatic heterocycles. The first kappa shape index (κ1) is 9.38. The van der Waals surface area contributed by atoms with Gasteiger partial charge in [0.25, 0.3) is 0 Å². The van der Waals surface area contributed by atoms with E-state index in [4.69, 9.17) is 5.11 Å². The van der Waals surface area contributed by atoms with Crippen molar-refractivity contribution >= 4 is 11.5 Å². The molecule has 70 valence electrons. The molecule has 1 aromatic rings. The van der Waals surface area contributed by atoms with Crippen LogP contribution in [-0.2, 0) is 0 Å². The Morgan fingerprint density at radius 3 is 2.46 bits per heavy atom. The van der Waals surface area contributed by atoms with E-state index in [1.807, 2.05) is 0 Å². The summed E-state index contributed by atoms with van der Waals surface area (Å²) in [5, 5.41) is 21.2. The standard InChI is InChI=1S/C9H11NO3/c1-5(11)6-3-4-7(12)9(13)8(6)10-2/h3-4,10,12-13H,1-2H3. The van der Waals surface area contributed by atoms with Crippen LogP contribution in [0.25, 0.3) is 0 Å². The van der Waals surface area contributed by atoms with Gasteiger partial charge in [-0.2, -0.15) is 0 Å². The highest BCUT2D eigenvalue weighted by molar-refractivity contribution is 6.01. The summed E-state index contributed by atoms with van der Waals surface area (Å²) in [5.74, 6) is -0.704. The number of rotatable bonds is 2. The molecule has 0 fully saturated rings. The Balaban J connectivity index is 3.38. The number of phenolic OH excluding ortho intramolecular Hbond substituents is 2. The molecule has 3 N–H and O–H groups in total. The van der Waals surface area contributed by atoms with Crippen LogP contribution in [-0.4, -0.2) is 23.0 Å². The number of nitrogens with one attached hydrogen (secondary N) is 1. The van der Waals surface area contributed by atoms with Crippen molar-refractivity contribution in [2.75, 3.05) is 12.4 Å². The Kier molecular flexibility index (Phi) is 2.41. The van der Waals surface area contributed by atoms with E-state index in [1.165, 1.54) is 19.1 Å². The molecular weight excluding hydrogens is 170 g/mol. The first-order valence-electron chi connectivity index (χ1n) is 3.81. The molecule has 4 heteroatoms. The third kappa shape index (κ3) is 1.56. The molecular formula is C9H11NO3. The van der Waals surface area contributed by atoms with Gasteiger partial charge >= 0.3 is 0 Å². The second kappa shape index (κ2) is 3.35. The third-order valence-electron chi connectivity index (χ3n) is 1.79. The summed E-state index contributed by atoms with van der Waals surface area (Å²) < 4.78 is 0. The molecule has 4 nitrogen and oxygen atoms in total. The molecule has 1 aromatic carbocycles. The van der Waals surface area contributed by atoms with Crippen molar-refractivity contribution in [3.05, 3.63) is 17.7 Å². The average molecular weight is 181 g/mol. The van der Waals surface area contributed by atoms with Gasteiger partial charge in [0, 0.05) is 12.6 Å². The largest absolute Gasteiger partial charge is 0.504 e. The molecule has 0 bridgehead atoms. The maximum absolute atomic E-state index is 11.1. The van der Waals surface area contributed by atoms with Crippen LogP contribution in [0.2, 0.25) is 0 Å². The number of aromatic hydroxyl groups is 2. The monoisotopic (exact) mass is 181 g/mol. The van der Waals surface area contributed by atoms with Crippen LogP contribution in [0.3, 0.4) is 0 Å². The summed E-state index contributed by atoms with van der Waals surface area (Å²) in [6.07, 6.45) is 0. The predicted molar refractivity (Wildman–Crippen MR) is 49.3 cm³/mol. The van der Waals surface area contributed by atoms with Crippen molar-refractivity contribution < 1.29 is 15.0 Å². The summed E-state index contributed by atoms with van der Waals surface area (Å²) >= 11 is 0. The lowest BCUT2D eigenvalue weighted by Gasteiger charge is -2.09. The van der Waals surface area contributed by atoms with Gasteiger partial charge in [-0.25, -0.2) is 0 Å². The minimum Gasteiger partial charge on any atom is -0.504 e. The van der Waals surface area contributed by atoms with Crippen molar-refractivity contribution in [3.8, 4) is 11.5 Å². The Labute approximate surface area is 75.8 Å². The Morgan fingerprint density at radius 1 is 1.38 bits per heavy atom. The van der Waals surface area contributed by atoms with E-state index in [9.17, 15) is 9.90 Å². The second-order valence-electron chi connectivity index (χ2n) is 2.66. The number of ketones is 1. The molecule has 13 heavy (non-hydrogen) atoms. The molecule has 0 aliphatic carbocycles. The van der Waals surface area contributed by atoms with Gasteiger partial charge in [0.05, 0.1) is 5.69 Å². The van der Waals surface area contributed by atoms with Gasteiger partial charge in [0.15, 0.2) is 17.3 Å². The van der Waals surface area contributed by atoms with Crippen molar-refractivity contribution in [3.63, 3.8) is 0 Å². The summed E-state index contributed by atoms with van der Waals surface area (Å²) in [4.78, 5) is 11.1. The molecule has 0 saturated carbocycles. The van der Waals surface area contributed by atoms with Crippen molar-refractivity contribution in [1.29, 1.82) is 0 Å². The molecule has 0 atom stereocenters. The van der Waals surface area contributed by atoms with Gasteiger partial charge < -0.3 is 15.5 Å².